The smallest absolute Gasteiger partial charge is 0.410 e. The molecule has 16 nitrogen and oxygen atoms in total. The first-order valence-corrected chi connectivity index (χ1v) is 16.5. The van der Waals surface area contributed by atoms with Gasteiger partial charge in [0, 0.05) is 44.8 Å². The number of aromatic amines is 2. The number of hydrogen-bond donors (Lipinski definition) is 3. The van der Waals surface area contributed by atoms with Gasteiger partial charge in [0.2, 0.25) is 0 Å². The average molecular weight is 675 g/mol. The van der Waals surface area contributed by atoms with Crippen LogP contribution in [0.15, 0.2) is 24.8 Å². The molecule has 49 heavy (non-hydrogen) atoms. The van der Waals surface area contributed by atoms with E-state index < -0.39 is 17.5 Å². The molecule has 260 valence electrons. The third kappa shape index (κ3) is 6.44. The van der Waals surface area contributed by atoms with E-state index in [1.807, 2.05) is 25.7 Å². The molecule has 6 heterocycles. The first-order chi connectivity index (χ1) is 23.4. The van der Waals surface area contributed by atoms with Crippen LogP contribution in [0.5, 0.6) is 0 Å². The van der Waals surface area contributed by atoms with Crippen molar-refractivity contribution < 1.29 is 28.6 Å². The zero-order valence-corrected chi connectivity index (χ0v) is 28.5. The third-order valence-electron chi connectivity index (χ3n) is 9.54. The molecular formula is C33H42N10O6. The third-order valence-corrected chi connectivity index (χ3v) is 9.54. The number of carbonyl (C=O) groups excluding carboxylic acids is 3. The van der Waals surface area contributed by atoms with Gasteiger partial charge in [0.25, 0.3) is 0 Å². The normalized spacial score (nSPS) is 19.1. The van der Waals surface area contributed by atoms with Gasteiger partial charge in [-0.25, -0.2) is 34.3 Å². The van der Waals surface area contributed by atoms with Crippen LogP contribution in [0.2, 0.25) is 0 Å². The maximum atomic E-state index is 12.6. The summed E-state index contributed by atoms with van der Waals surface area (Å²) in [7, 11) is 2.71. The number of ether oxygens (including phenoxy) is 3. The van der Waals surface area contributed by atoms with Crippen molar-refractivity contribution >= 4 is 51.7 Å². The van der Waals surface area contributed by atoms with E-state index in [1.54, 1.807) is 12.1 Å². The number of carbonyl (C=O) groups is 3. The monoisotopic (exact) mass is 674 g/mol. The summed E-state index contributed by atoms with van der Waals surface area (Å²) in [6.07, 6.45) is 7.09. The van der Waals surface area contributed by atoms with Crippen LogP contribution in [0, 0.1) is 0 Å². The average Bonchev–Trinajstić information content (AvgIpc) is 3.90. The van der Waals surface area contributed by atoms with Crippen molar-refractivity contribution in [2.75, 3.05) is 63.3 Å². The molecule has 2 aliphatic carbocycles. The fraction of sp³-hybridized carbons (Fsp3) is 0.545. The zero-order valence-electron chi connectivity index (χ0n) is 28.5. The molecule has 2 aliphatic heterocycles. The molecule has 0 aromatic carbocycles. The van der Waals surface area contributed by atoms with Crippen molar-refractivity contribution in [2.45, 2.75) is 63.1 Å². The van der Waals surface area contributed by atoms with Gasteiger partial charge < -0.3 is 39.3 Å². The van der Waals surface area contributed by atoms with Crippen LogP contribution >= 0.6 is 0 Å². The Labute approximate surface area is 282 Å². The largest absolute Gasteiger partial charge is 0.464 e. The van der Waals surface area contributed by atoms with E-state index in [1.165, 1.54) is 39.7 Å². The van der Waals surface area contributed by atoms with Crippen LogP contribution in [0.3, 0.4) is 0 Å². The van der Waals surface area contributed by atoms with Crippen molar-refractivity contribution in [3.63, 3.8) is 0 Å². The van der Waals surface area contributed by atoms with Crippen molar-refractivity contribution in [3.05, 3.63) is 36.2 Å². The van der Waals surface area contributed by atoms with Gasteiger partial charge in [-0.3, -0.25) is 4.90 Å². The number of piperazine rings is 2. The Kier molecular flexibility index (Phi) is 8.08. The molecule has 8 rings (SSSR count). The van der Waals surface area contributed by atoms with Gasteiger partial charge in [0.15, 0.2) is 0 Å². The minimum absolute atomic E-state index is 0.209. The lowest BCUT2D eigenvalue weighted by molar-refractivity contribution is 0.0106. The Morgan fingerprint density at radius 3 is 1.80 bits per heavy atom. The number of nitrogens with one attached hydrogen (secondary N) is 3. The first-order valence-electron chi connectivity index (χ1n) is 16.5. The Balaban J connectivity index is 0.000000160. The van der Waals surface area contributed by atoms with Crippen molar-refractivity contribution in [3.8, 4) is 0 Å². The standard InChI is InChI=1S/C19H25N5O4.C14H17N5O2/c1-18(2,3)28-17(26)24-8-7-23(10-19(24)5-6-19)15-12-9-13(16(25)27-4)22-14(12)20-11-21-15;1-21-13(20)10-6-9-11(18-10)15-8-16-12(9)19-5-4-17-14(7-19)2-3-14/h9,11H,5-8,10H2,1-4H3,(H,20,21,22);6,8,17H,2-5,7H2,1H3,(H,15,16,18). The fourth-order valence-electron chi connectivity index (χ4n) is 6.75. The molecule has 4 aliphatic rings. The van der Waals surface area contributed by atoms with Gasteiger partial charge in [0.1, 0.15) is 52.6 Å². The predicted octanol–water partition coefficient (Wildman–Crippen LogP) is 3.02. The molecule has 2 saturated carbocycles. The van der Waals surface area contributed by atoms with E-state index in [0.717, 1.165) is 54.9 Å². The summed E-state index contributed by atoms with van der Waals surface area (Å²) in [4.78, 5) is 65.7. The number of H-pyrrole nitrogens is 2. The Morgan fingerprint density at radius 1 is 0.755 bits per heavy atom. The van der Waals surface area contributed by atoms with E-state index in [9.17, 15) is 14.4 Å². The molecule has 0 radical (unpaired) electrons. The molecule has 2 saturated heterocycles. The molecular weight excluding hydrogens is 632 g/mol. The topological polar surface area (TPSA) is 184 Å². The Hall–Kier alpha value is -4.99. The second-order valence-electron chi connectivity index (χ2n) is 14.2. The van der Waals surface area contributed by atoms with Crippen LogP contribution in [-0.2, 0) is 14.2 Å². The molecule has 2 spiro atoms. The van der Waals surface area contributed by atoms with Crippen molar-refractivity contribution in [1.82, 2.24) is 40.1 Å². The van der Waals surface area contributed by atoms with Crippen LogP contribution < -0.4 is 15.1 Å². The van der Waals surface area contributed by atoms with Crippen LogP contribution in [0.25, 0.3) is 22.1 Å². The van der Waals surface area contributed by atoms with E-state index in [0.29, 0.717) is 42.3 Å². The minimum Gasteiger partial charge on any atom is -0.464 e. The lowest BCUT2D eigenvalue weighted by atomic mass is 10.1. The summed E-state index contributed by atoms with van der Waals surface area (Å²) in [5.74, 6) is 0.806. The number of amides is 1. The number of fused-ring (bicyclic) bond motifs is 2. The van der Waals surface area contributed by atoms with Gasteiger partial charge in [-0.05, 0) is 58.6 Å². The van der Waals surface area contributed by atoms with E-state index in [-0.39, 0.29) is 17.2 Å². The van der Waals surface area contributed by atoms with Crippen LogP contribution in [0.1, 0.15) is 67.4 Å². The summed E-state index contributed by atoms with van der Waals surface area (Å²) in [6, 6.07) is 3.49. The quantitative estimate of drug-likeness (QED) is 0.212. The molecule has 0 bridgehead atoms. The number of nitrogens with zero attached hydrogens (tertiary/aromatic N) is 7. The summed E-state index contributed by atoms with van der Waals surface area (Å²) in [5, 5.41) is 5.22. The number of hydrogen-bond acceptors (Lipinski definition) is 13. The van der Waals surface area contributed by atoms with Gasteiger partial charge in [-0.2, -0.15) is 0 Å². The maximum absolute atomic E-state index is 12.6. The minimum atomic E-state index is -0.515. The summed E-state index contributed by atoms with van der Waals surface area (Å²) in [5.41, 5.74) is 1.56. The highest BCUT2D eigenvalue weighted by Gasteiger charge is 2.54. The van der Waals surface area contributed by atoms with Gasteiger partial charge in [-0.1, -0.05) is 0 Å². The lowest BCUT2D eigenvalue weighted by Crippen LogP contribution is -2.58. The molecule has 4 aromatic heterocycles. The first kappa shape index (κ1) is 32.6. The number of aromatic nitrogens is 6. The Bertz CT molecular complexity index is 1910. The van der Waals surface area contributed by atoms with Crippen molar-refractivity contribution in [1.29, 1.82) is 0 Å². The maximum Gasteiger partial charge on any atom is 0.410 e. The highest BCUT2D eigenvalue weighted by Crippen LogP contribution is 2.46. The van der Waals surface area contributed by atoms with Gasteiger partial charge >= 0.3 is 18.0 Å². The van der Waals surface area contributed by atoms with E-state index in [2.05, 4.69) is 45.0 Å². The summed E-state index contributed by atoms with van der Waals surface area (Å²) >= 11 is 0. The molecule has 1 amide bonds. The molecule has 16 heteroatoms. The number of rotatable bonds is 4. The van der Waals surface area contributed by atoms with Crippen LogP contribution in [0.4, 0.5) is 16.4 Å². The zero-order chi connectivity index (χ0) is 34.6. The summed E-state index contributed by atoms with van der Waals surface area (Å²) in [6.45, 7) is 10.3. The molecule has 3 N–H and O–H groups in total. The van der Waals surface area contributed by atoms with Gasteiger partial charge in [-0.15, -0.1) is 0 Å². The highest BCUT2D eigenvalue weighted by molar-refractivity contribution is 5.98. The molecule has 0 unspecified atom stereocenters. The Morgan fingerprint density at radius 2 is 1.31 bits per heavy atom. The predicted molar refractivity (Wildman–Crippen MR) is 180 cm³/mol. The molecule has 4 aromatic rings. The number of esters is 2. The number of anilines is 2. The SMILES string of the molecule is COC(=O)c1cc2c(N3CCN(C(=O)OC(C)(C)C)C4(CC4)C3)ncnc2[nH]1.COC(=O)c1cc2c(N3CCNC4(CC4)C3)ncnc2[nH]1. The molecule has 0 atom stereocenters. The van der Waals surface area contributed by atoms with Crippen molar-refractivity contribution in [2.24, 2.45) is 0 Å². The lowest BCUT2D eigenvalue weighted by Gasteiger charge is -2.42. The van der Waals surface area contributed by atoms with E-state index in [4.69, 9.17) is 14.2 Å². The molecule has 4 fully saturated rings. The second-order valence-corrected chi connectivity index (χ2v) is 14.2. The van der Waals surface area contributed by atoms with Gasteiger partial charge in [0.05, 0.1) is 30.5 Å². The van der Waals surface area contributed by atoms with E-state index >= 15 is 0 Å². The number of methoxy groups -OCH3 is 2. The fourth-order valence-corrected chi connectivity index (χ4v) is 6.75. The summed E-state index contributed by atoms with van der Waals surface area (Å²) < 4.78 is 15.1. The van der Waals surface area contributed by atoms with Crippen LogP contribution in [-0.4, -0.2) is 123 Å². The highest BCUT2D eigenvalue weighted by atomic mass is 16.6. The second kappa shape index (κ2) is 12.2.